The molecule has 0 N–H and O–H groups in total. The van der Waals surface area contributed by atoms with Gasteiger partial charge in [0.1, 0.15) is 22.1 Å². The summed E-state index contributed by atoms with van der Waals surface area (Å²) in [5.74, 6) is -3.91. The molecule has 2 aromatic carbocycles. The second-order valence-electron chi connectivity index (χ2n) is 8.96. The van der Waals surface area contributed by atoms with Gasteiger partial charge >= 0.3 is 0 Å². The van der Waals surface area contributed by atoms with Gasteiger partial charge in [-0.15, -0.1) is 45.3 Å². The Morgan fingerprint density at radius 2 is 0.738 bits per heavy atom. The molecule has 0 saturated heterocycles. The molecule has 8 rings (SSSR count). The van der Waals surface area contributed by atoms with E-state index in [4.69, 9.17) is 0 Å². The molecule has 0 aliphatic rings. The van der Waals surface area contributed by atoms with E-state index in [1.54, 1.807) is 59.3 Å². The summed E-state index contributed by atoms with van der Waals surface area (Å²) in [5.41, 5.74) is 1.54. The van der Waals surface area contributed by atoms with Gasteiger partial charge in [-0.3, -0.25) is 0 Å². The monoisotopic (exact) mass is 670 g/mol. The molecule has 0 aliphatic carbocycles. The van der Waals surface area contributed by atoms with Gasteiger partial charge < -0.3 is 0 Å². The first kappa shape index (κ1) is 26.2. The van der Waals surface area contributed by atoms with Crippen LogP contribution in [0.1, 0.15) is 0 Å². The lowest BCUT2D eigenvalue weighted by molar-refractivity contribution is 0.516. The second kappa shape index (κ2) is 10.1. The number of nitrogens with zero attached hydrogens (tertiary/aromatic N) is 4. The summed E-state index contributed by atoms with van der Waals surface area (Å²) in [6.45, 7) is 0. The second-order valence-corrected chi connectivity index (χ2v) is 14.1. The molecule has 8 aromatic rings. The van der Waals surface area contributed by atoms with Crippen molar-refractivity contribution in [2.24, 2.45) is 0 Å². The maximum absolute atomic E-state index is 15.6. The number of hydrogen-bond acceptors (Lipinski definition) is 10. The lowest BCUT2D eigenvalue weighted by Crippen LogP contribution is -1.95. The molecule has 14 heteroatoms. The molecular formula is C28H10F4N4S6. The van der Waals surface area contributed by atoms with Crippen LogP contribution in [0.4, 0.5) is 17.6 Å². The summed E-state index contributed by atoms with van der Waals surface area (Å²) in [6.07, 6.45) is 0. The molecule has 0 radical (unpaired) electrons. The molecule has 0 atom stereocenters. The lowest BCUT2D eigenvalue weighted by Gasteiger charge is -2.08. The Balaban J connectivity index is 1.22. The molecule has 4 nitrogen and oxygen atoms in total. The third-order valence-corrected chi connectivity index (χ3v) is 11.9. The Kier molecular flexibility index (Phi) is 6.31. The molecule has 0 aliphatic heterocycles. The Labute approximate surface area is 258 Å². The highest BCUT2D eigenvalue weighted by Crippen LogP contribution is 2.47. The summed E-state index contributed by atoms with van der Waals surface area (Å²) < 4.78 is 79.3. The fourth-order valence-electron chi connectivity index (χ4n) is 4.84. The standard InChI is InChI=1S/C28H10F4N4S6/c29-21-17(13-3-1-9-37-13)25-27(35-41-33-25)19(23(21)31)15-7-5-11(39-15)12-6-8-16(40-12)20-24(32)22(30)18(14-4-2-10-38-14)26-28(20)36-42-34-26/h1-10H. The predicted octanol–water partition coefficient (Wildman–Crippen LogP) is 10.8. The lowest BCUT2D eigenvalue weighted by atomic mass is 10.0. The van der Waals surface area contributed by atoms with Gasteiger partial charge in [-0.05, 0) is 47.2 Å². The van der Waals surface area contributed by atoms with Crippen molar-refractivity contribution in [3.8, 4) is 51.5 Å². The number of fused-ring (bicyclic) bond motifs is 2. The average molecular weight is 671 g/mol. The molecule has 0 unspecified atom stereocenters. The maximum atomic E-state index is 15.6. The molecule has 6 heterocycles. The fraction of sp³-hybridized carbons (Fsp3) is 0. The van der Waals surface area contributed by atoms with Gasteiger partial charge in [0.05, 0.1) is 45.7 Å². The van der Waals surface area contributed by atoms with Crippen LogP contribution < -0.4 is 0 Å². The molecule has 0 fully saturated rings. The van der Waals surface area contributed by atoms with Crippen LogP contribution in [0, 0.1) is 23.3 Å². The van der Waals surface area contributed by atoms with E-state index in [0.717, 1.165) is 33.2 Å². The first-order valence-electron chi connectivity index (χ1n) is 12.1. The van der Waals surface area contributed by atoms with Crippen LogP contribution in [0.15, 0.2) is 59.3 Å². The quantitative estimate of drug-likeness (QED) is 0.171. The van der Waals surface area contributed by atoms with Gasteiger partial charge in [0.2, 0.25) is 0 Å². The summed E-state index contributed by atoms with van der Waals surface area (Å²) in [7, 11) is 0. The highest BCUT2D eigenvalue weighted by atomic mass is 32.1. The van der Waals surface area contributed by atoms with Gasteiger partial charge in [-0.2, -0.15) is 17.5 Å². The molecule has 0 spiro atoms. The molecular weight excluding hydrogens is 661 g/mol. The molecule has 6 aromatic heterocycles. The van der Waals surface area contributed by atoms with Crippen LogP contribution in [0.5, 0.6) is 0 Å². The van der Waals surface area contributed by atoms with Crippen LogP contribution in [0.3, 0.4) is 0 Å². The number of halogens is 4. The van der Waals surface area contributed by atoms with Crippen LogP contribution in [-0.2, 0) is 0 Å². The van der Waals surface area contributed by atoms with Gasteiger partial charge in [-0.25, -0.2) is 17.6 Å². The van der Waals surface area contributed by atoms with Crippen molar-refractivity contribution >= 4 is 90.9 Å². The summed E-state index contributed by atoms with van der Waals surface area (Å²) in [4.78, 5) is 3.62. The van der Waals surface area contributed by atoms with E-state index in [-0.39, 0.29) is 22.3 Å². The fourth-order valence-corrected chi connectivity index (χ4v) is 9.67. The van der Waals surface area contributed by atoms with Gasteiger partial charge in [-0.1, -0.05) is 12.1 Å². The first-order valence-corrected chi connectivity index (χ1v) is 16.9. The minimum absolute atomic E-state index is 0.0529. The van der Waals surface area contributed by atoms with Crippen molar-refractivity contribution in [3.63, 3.8) is 0 Å². The van der Waals surface area contributed by atoms with Crippen molar-refractivity contribution in [3.05, 3.63) is 82.6 Å². The zero-order chi connectivity index (χ0) is 28.5. The Hall–Kier alpha value is -3.40. The van der Waals surface area contributed by atoms with E-state index in [2.05, 4.69) is 17.5 Å². The largest absolute Gasteiger partial charge is 0.203 e. The normalized spacial score (nSPS) is 11.8. The zero-order valence-corrected chi connectivity index (χ0v) is 25.4. The van der Waals surface area contributed by atoms with Crippen LogP contribution >= 0.6 is 68.8 Å². The Bertz CT molecular complexity index is 2100. The number of hydrogen-bond donors (Lipinski definition) is 0. The highest BCUT2D eigenvalue weighted by molar-refractivity contribution is 7.25. The molecule has 0 bridgehead atoms. The summed E-state index contributed by atoms with van der Waals surface area (Å²) in [6, 6.07) is 14.0. The third-order valence-electron chi connectivity index (χ3n) is 6.67. The smallest absolute Gasteiger partial charge is 0.170 e. The zero-order valence-electron chi connectivity index (χ0n) is 20.5. The molecule has 0 amide bonds. The van der Waals surface area contributed by atoms with E-state index >= 15 is 17.6 Å². The van der Waals surface area contributed by atoms with Crippen molar-refractivity contribution in [1.82, 2.24) is 17.5 Å². The minimum Gasteiger partial charge on any atom is -0.203 e. The maximum Gasteiger partial charge on any atom is 0.170 e. The Morgan fingerprint density at radius 1 is 0.405 bits per heavy atom. The summed E-state index contributed by atoms with van der Waals surface area (Å²) >= 11 is 6.92. The van der Waals surface area contributed by atoms with Crippen LogP contribution in [0.2, 0.25) is 0 Å². The SMILES string of the molecule is Fc1c(F)c(-c2ccc(-c3ccc(-c4c(F)c(F)c(-c5cccs5)c5nsnc45)s3)s2)c2nsnc2c1-c1cccs1. The van der Waals surface area contributed by atoms with Crippen LogP contribution in [0.25, 0.3) is 73.6 Å². The predicted molar refractivity (Wildman–Crippen MR) is 167 cm³/mol. The van der Waals surface area contributed by atoms with E-state index in [1.807, 2.05) is 0 Å². The van der Waals surface area contributed by atoms with Gasteiger partial charge in [0.15, 0.2) is 23.3 Å². The topological polar surface area (TPSA) is 51.6 Å². The van der Waals surface area contributed by atoms with Crippen molar-refractivity contribution in [2.75, 3.05) is 0 Å². The van der Waals surface area contributed by atoms with Crippen molar-refractivity contribution in [2.45, 2.75) is 0 Å². The molecule has 42 heavy (non-hydrogen) atoms. The number of aromatic nitrogens is 4. The summed E-state index contributed by atoms with van der Waals surface area (Å²) in [5, 5.41) is 3.59. The average Bonchev–Trinajstić information content (AvgIpc) is 3.82. The van der Waals surface area contributed by atoms with E-state index in [9.17, 15) is 0 Å². The Morgan fingerprint density at radius 3 is 1.07 bits per heavy atom. The molecule has 0 saturated carbocycles. The number of rotatable bonds is 5. The van der Waals surface area contributed by atoms with Crippen molar-refractivity contribution in [1.29, 1.82) is 0 Å². The van der Waals surface area contributed by atoms with E-state index < -0.39 is 23.3 Å². The van der Waals surface area contributed by atoms with Gasteiger partial charge in [0.25, 0.3) is 0 Å². The van der Waals surface area contributed by atoms with Gasteiger partial charge in [0, 0.05) is 29.3 Å². The number of thiophene rings is 4. The third kappa shape index (κ3) is 3.93. The number of benzene rings is 2. The van der Waals surface area contributed by atoms with E-state index in [1.165, 1.54) is 45.3 Å². The highest BCUT2D eigenvalue weighted by Gasteiger charge is 2.28. The van der Waals surface area contributed by atoms with Crippen molar-refractivity contribution < 1.29 is 17.6 Å². The van der Waals surface area contributed by atoms with E-state index in [0.29, 0.717) is 41.6 Å². The first-order chi connectivity index (χ1) is 20.5. The minimum atomic E-state index is -0.985. The van der Waals surface area contributed by atoms with Crippen LogP contribution in [-0.4, -0.2) is 17.5 Å². The molecule has 206 valence electrons.